The largest absolute Gasteiger partial charge is 0.464 e. The molecule has 0 radical (unpaired) electrons. The van der Waals surface area contributed by atoms with Gasteiger partial charge in [-0.2, -0.15) is 13.2 Å². The third-order valence-corrected chi connectivity index (χ3v) is 2.79. The number of aryl methyl sites for hydroxylation is 1. The second-order valence-corrected chi connectivity index (χ2v) is 4.47. The van der Waals surface area contributed by atoms with E-state index in [2.05, 4.69) is 10.3 Å². The quantitative estimate of drug-likeness (QED) is 0.901. The molecule has 2 aromatic heterocycles. The fraction of sp³-hybridized carbons (Fsp3) is 0.308. The zero-order valence-corrected chi connectivity index (χ0v) is 11.0. The number of nitrogen functional groups attached to an aromatic ring is 1. The SMILES string of the molecule is Cc1ccc(C(C)Nc2cc(C(F)(F)F)ncc2N)o1. The number of nitrogens with zero attached hydrogens (tertiary/aromatic N) is 1. The Kier molecular flexibility index (Phi) is 3.61. The molecule has 0 saturated heterocycles. The molecular formula is C13H14F3N3O. The van der Waals surface area contributed by atoms with Gasteiger partial charge in [-0.25, -0.2) is 4.98 Å². The highest BCUT2D eigenvalue weighted by Gasteiger charge is 2.33. The number of nitrogens with two attached hydrogens (primary N) is 1. The maximum absolute atomic E-state index is 12.6. The highest BCUT2D eigenvalue weighted by molar-refractivity contribution is 5.66. The molecule has 0 fully saturated rings. The van der Waals surface area contributed by atoms with Crippen LogP contribution >= 0.6 is 0 Å². The molecule has 0 aliphatic heterocycles. The number of halogens is 3. The molecule has 0 amide bonds. The van der Waals surface area contributed by atoms with E-state index in [1.54, 1.807) is 26.0 Å². The second-order valence-electron chi connectivity index (χ2n) is 4.47. The van der Waals surface area contributed by atoms with Crippen LogP contribution in [0, 0.1) is 6.92 Å². The van der Waals surface area contributed by atoms with E-state index in [0.717, 1.165) is 18.0 Å². The lowest BCUT2D eigenvalue weighted by molar-refractivity contribution is -0.141. The summed E-state index contributed by atoms with van der Waals surface area (Å²) in [4.78, 5) is 3.28. The Hall–Kier alpha value is -2.18. The van der Waals surface area contributed by atoms with Crippen molar-refractivity contribution in [3.8, 4) is 0 Å². The van der Waals surface area contributed by atoms with Gasteiger partial charge in [0.25, 0.3) is 0 Å². The van der Waals surface area contributed by atoms with Crippen LogP contribution < -0.4 is 11.1 Å². The van der Waals surface area contributed by atoms with Gasteiger partial charge in [-0.15, -0.1) is 0 Å². The molecule has 1 atom stereocenters. The van der Waals surface area contributed by atoms with Gasteiger partial charge >= 0.3 is 6.18 Å². The molecule has 1 unspecified atom stereocenters. The normalized spacial score (nSPS) is 13.2. The molecule has 2 heterocycles. The van der Waals surface area contributed by atoms with Crippen molar-refractivity contribution in [1.29, 1.82) is 0 Å². The monoisotopic (exact) mass is 285 g/mol. The molecule has 0 bridgehead atoms. The summed E-state index contributed by atoms with van der Waals surface area (Å²) in [5, 5.41) is 2.89. The molecule has 3 N–H and O–H groups in total. The van der Waals surface area contributed by atoms with Crippen LogP contribution in [0.5, 0.6) is 0 Å². The maximum Gasteiger partial charge on any atom is 0.433 e. The zero-order valence-electron chi connectivity index (χ0n) is 11.0. The molecule has 20 heavy (non-hydrogen) atoms. The number of pyridine rings is 1. The summed E-state index contributed by atoms with van der Waals surface area (Å²) in [6, 6.07) is 4.12. The molecular weight excluding hydrogens is 271 g/mol. The highest BCUT2D eigenvalue weighted by Crippen LogP contribution is 2.32. The van der Waals surface area contributed by atoms with E-state index in [1.807, 2.05) is 0 Å². The first-order valence-corrected chi connectivity index (χ1v) is 5.93. The minimum absolute atomic E-state index is 0.146. The van der Waals surface area contributed by atoms with Crippen LogP contribution in [0.1, 0.15) is 30.2 Å². The first-order chi connectivity index (χ1) is 9.27. The summed E-state index contributed by atoms with van der Waals surface area (Å²) in [5.74, 6) is 1.35. The van der Waals surface area contributed by atoms with Gasteiger partial charge in [0, 0.05) is 0 Å². The van der Waals surface area contributed by atoms with Gasteiger partial charge in [-0.1, -0.05) is 0 Å². The van der Waals surface area contributed by atoms with Crippen LogP contribution in [-0.4, -0.2) is 4.98 Å². The Balaban J connectivity index is 2.24. The van der Waals surface area contributed by atoms with Crippen LogP contribution in [0.3, 0.4) is 0 Å². The molecule has 7 heteroatoms. The smallest absolute Gasteiger partial charge is 0.433 e. The van der Waals surface area contributed by atoms with Gasteiger partial charge in [0.2, 0.25) is 0 Å². The van der Waals surface area contributed by atoms with Gasteiger partial charge in [-0.05, 0) is 32.0 Å². The summed E-state index contributed by atoms with van der Waals surface area (Å²) in [7, 11) is 0. The lowest BCUT2D eigenvalue weighted by atomic mass is 10.2. The van der Waals surface area contributed by atoms with Crippen molar-refractivity contribution >= 4 is 11.4 Å². The van der Waals surface area contributed by atoms with Crippen molar-refractivity contribution in [2.75, 3.05) is 11.1 Å². The van der Waals surface area contributed by atoms with E-state index in [1.165, 1.54) is 0 Å². The van der Waals surface area contributed by atoms with Gasteiger partial charge < -0.3 is 15.5 Å². The van der Waals surface area contributed by atoms with Crippen molar-refractivity contribution in [1.82, 2.24) is 4.98 Å². The van der Waals surface area contributed by atoms with Crippen LogP contribution in [0.15, 0.2) is 28.8 Å². The number of rotatable bonds is 3. The molecule has 4 nitrogen and oxygen atoms in total. The average Bonchev–Trinajstić information content (AvgIpc) is 2.77. The molecule has 0 aliphatic carbocycles. The molecule has 2 rings (SSSR count). The van der Waals surface area contributed by atoms with E-state index in [-0.39, 0.29) is 17.4 Å². The standard InChI is InChI=1S/C13H14F3N3O/c1-7-3-4-11(20-7)8(2)19-10-5-12(13(14,15)16)18-6-9(10)17/h3-6,8H,17H2,1-2H3,(H,18,19). The van der Waals surface area contributed by atoms with Crippen LogP contribution in [0.25, 0.3) is 0 Å². The predicted octanol–water partition coefficient (Wildman–Crippen LogP) is 3.76. The number of anilines is 2. The third kappa shape index (κ3) is 3.04. The summed E-state index contributed by atoms with van der Waals surface area (Å²) >= 11 is 0. The molecule has 2 aromatic rings. The lowest BCUT2D eigenvalue weighted by Crippen LogP contribution is -2.12. The fourth-order valence-electron chi connectivity index (χ4n) is 1.74. The van der Waals surface area contributed by atoms with E-state index < -0.39 is 11.9 Å². The second kappa shape index (κ2) is 5.07. The van der Waals surface area contributed by atoms with E-state index in [9.17, 15) is 13.2 Å². The summed E-state index contributed by atoms with van der Waals surface area (Å²) in [6.07, 6.45) is -3.51. The molecule has 108 valence electrons. The Bertz CT molecular complexity index is 607. The van der Waals surface area contributed by atoms with Crippen LogP contribution in [0.4, 0.5) is 24.5 Å². The average molecular weight is 285 g/mol. The molecule has 0 saturated carbocycles. The Morgan fingerprint density at radius 3 is 2.60 bits per heavy atom. The van der Waals surface area contributed by atoms with Gasteiger partial charge in [0.15, 0.2) is 0 Å². The topological polar surface area (TPSA) is 64.1 Å². The number of furan rings is 1. The Morgan fingerprint density at radius 1 is 1.35 bits per heavy atom. The van der Waals surface area contributed by atoms with Crippen molar-refractivity contribution in [3.63, 3.8) is 0 Å². The van der Waals surface area contributed by atoms with Crippen molar-refractivity contribution in [3.05, 3.63) is 41.6 Å². The van der Waals surface area contributed by atoms with Gasteiger partial charge in [-0.3, -0.25) is 0 Å². The molecule has 0 aliphatic rings. The number of aromatic nitrogens is 1. The Labute approximate surface area is 113 Å². The summed E-state index contributed by atoms with van der Waals surface area (Å²) < 4.78 is 43.3. The minimum atomic E-state index is -4.51. The lowest BCUT2D eigenvalue weighted by Gasteiger charge is -2.16. The van der Waals surface area contributed by atoms with Crippen molar-refractivity contribution < 1.29 is 17.6 Å². The van der Waals surface area contributed by atoms with E-state index >= 15 is 0 Å². The van der Waals surface area contributed by atoms with E-state index in [0.29, 0.717) is 5.76 Å². The number of hydrogen-bond donors (Lipinski definition) is 2. The fourth-order valence-corrected chi connectivity index (χ4v) is 1.74. The number of alkyl halides is 3. The number of nitrogens with one attached hydrogen (secondary N) is 1. The highest BCUT2D eigenvalue weighted by atomic mass is 19.4. The van der Waals surface area contributed by atoms with Crippen molar-refractivity contribution in [2.24, 2.45) is 0 Å². The third-order valence-electron chi connectivity index (χ3n) is 2.79. The number of hydrogen-bond acceptors (Lipinski definition) is 4. The van der Waals surface area contributed by atoms with E-state index in [4.69, 9.17) is 10.2 Å². The molecule has 0 aromatic carbocycles. The van der Waals surface area contributed by atoms with Gasteiger partial charge in [0.1, 0.15) is 17.2 Å². The first kappa shape index (κ1) is 14.2. The minimum Gasteiger partial charge on any atom is -0.464 e. The van der Waals surface area contributed by atoms with Crippen LogP contribution in [0.2, 0.25) is 0 Å². The van der Waals surface area contributed by atoms with Gasteiger partial charge in [0.05, 0.1) is 23.6 Å². The molecule has 0 spiro atoms. The zero-order chi connectivity index (χ0) is 14.9. The maximum atomic E-state index is 12.6. The first-order valence-electron chi connectivity index (χ1n) is 5.93. The predicted molar refractivity (Wildman–Crippen MR) is 69.1 cm³/mol. The van der Waals surface area contributed by atoms with Crippen LogP contribution in [-0.2, 0) is 6.18 Å². The summed E-state index contributed by atoms with van der Waals surface area (Å²) in [6.45, 7) is 3.56. The Morgan fingerprint density at radius 2 is 2.05 bits per heavy atom. The van der Waals surface area contributed by atoms with Crippen molar-refractivity contribution in [2.45, 2.75) is 26.1 Å². The summed E-state index contributed by atoms with van der Waals surface area (Å²) in [5.41, 5.74) is 4.97.